The summed E-state index contributed by atoms with van der Waals surface area (Å²) in [4.78, 5) is 11.8. The van der Waals surface area contributed by atoms with Gasteiger partial charge in [0, 0.05) is 12.0 Å². The highest BCUT2D eigenvalue weighted by Crippen LogP contribution is 2.17. The van der Waals surface area contributed by atoms with Gasteiger partial charge in [-0.2, -0.15) is 0 Å². The predicted octanol–water partition coefficient (Wildman–Crippen LogP) is 5.62. The van der Waals surface area contributed by atoms with Crippen molar-refractivity contribution in [2.45, 2.75) is 60.0 Å². The first-order valence-corrected chi connectivity index (χ1v) is 8.87. The molecule has 1 amide bonds. The third kappa shape index (κ3) is 8.59. The highest BCUT2D eigenvalue weighted by molar-refractivity contribution is 5.67. The summed E-state index contributed by atoms with van der Waals surface area (Å²) in [6, 6.07) is 9.68. The molecule has 0 aliphatic rings. The van der Waals surface area contributed by atoms with Crippen LogP contribution in [0.2, 0.25) is 0 Å². The Labute approximate surface area is 146 Å². The molecule has 0 unspecified atom stereocenters. The van der Waals surface area contributed by atoms with E-state index in [0.717, 1.165) is 31.2 Å². The molecule has 0 bridgehead atoms. The molecule has 132 valence electrons. The number of hydrogen-bond acceptors (Lipinski definition) is 2. The maximum atomic E-state index is 11.8. The minimum atomic E-state index is -0.383. The molecule has 0 aliphatic heterocycles. The third-order valence-corrected chi connectivity index (χ3v) is 3.67. The van der Waals surface area contributed by atoms with Gasteiger partial charge in [0.15, 0.2) is 0 Å². The lowest BCUT2D eigenvalue weighted by molar-refractivity contribution is 0.137. The number of carbonyl (C=O) groups is 1. The van der Waals surface area contributed by atoms with Gasteiger partial charge in [0.05, 0.1) is 0 Å². The number of benzene rings is 1. The molecule has 1 rings (SSSR count). The second-order valence-electron chi connectivity index (χ2n) is 6.80. The second-order valence-corrected chi connectivity index (χ2v) is 6.80. The lowest BCUT2D eigenvalue weighted by Crippen LogP contribution is -2.33. The summed E-state index contributed by atoms with van der Waals surface area (Å²) >= 11 is 0. The second kappa shape index (κ2) is 10.7. The van der Waals surface area contributed by atoms with E-state index in [1.165, 1.54) is 5.57 Å². The summed E-state index contributed by atoms with van der Waals surface area (Å²) in [5.41, 5.74) is 5.63. The maximum Gasteiger partial charge on any atom is 0.407 e. The minimum Gasteiger partial charge on any atom is -0.445 e. The molecule has 1 aromatic carbocycles. The standard InChI is InChI=1S/C21H31NO2/c1-5-10-18(11-6-2)14-15-21(3,4)17-22-20(23)24-16-19-12-8-7-9-13-19/h7-9,12-13,15H,5-6,10-11,16-17H2,1-4H3,(H,22,23). The fourth-order valence-electron chi connectivity index (χ4n) is 2.30. The van der Waals surface area contributed by atoms with Gasteiger partial charge in [-0.05, 0) is 30.1 Å². The van der Waals surface area contributed by atoms with E-state index >= 15 is 0 Å². The van der Waals surface area contributed by atoms with E-state index in [9.17, 15) is 4.79 Å². The first-order valence-electron chi connectivity index (χ1n) is 8.87. The summed E-state index contributed by atoms with van der Waals surface area (Å²) in [5.74, 6) is 0. The van der Waals surface area contributed by atoms with Crippen molar-refractivity contribution in [3.8, 4) is 0 Å². The van der Waals surface area contributed by atoms with Gasteiger partial charge < -0.3 is 10.1 Å². The molecule has 0 heterocycles. The highest BCUT2D eigenvalue weighted by atomic mass is 16.5. The zero-order chi connectivity index (χ0) is 17.8. The Morgan fingerprint density at radius 3 is 2.38 bits per heavy atom. The average Bonchev–Trinajstić information content (AvgIpc) is 2.57. The smallest absolute Gasteiger partial charge is 0.407 e. The van der Waals surface area contributed by atoms with E-state index in [4.69, 9.17) is 4.74 Å². The normalized spacial score (nSPS) is 10.7. The summed E-state index contributed by atoms with van der Waals surface area (Å²) in [5, 5.41) is 2.84. The van der Waals surface area contributed by atoms with Crippen LogP contribution in [-0.4, -0.2) is 12.6 Å². The van der Waals surface area contributed by atoms with Gasteiger partial charge in [-0.15, -0.1) is 5.73 Å². The lowest BCUT2D eigenvalue weighted by atomic mass is 9.92. The first kappa shape index (κ1) is 20.1. The van der Waals surface area contributed by atoms with Gasteiger partial charge in [-0.25, -0.2) is 4.79 Å². The number of alkyl carbamates (subject to hydrolysis) is 1. The Hall–Kier alpha value is -1.99. The van der Waals surface area contributed by atoms with Crippen molar-refractivity contribution in [3.05, 3.63) is 53.3 Å². The molecule has 0 fully saturated rings. The van der Waals surface area contributed by atoms with E-state index in [1.54, 1.807) is 0 Å². The topological polar surface area (TPSA) is 38.3 Å². The van der Waals surface area contributed by atoms with Crippen molar-refractivity contribution in [2.75, 3.05) is 6.54 Å². The van der Waals surface area contributed by atoms with Crippen LogP contribution in [0.5, 0.6) is 0 Å². The van der Waals surface area contributed by atoms with Crippen molar-refractivity contribution >= 4 is 6.09 Å². The van der Waals surface area contributed by atoms with Crippen molar-refractivity contribution in [1.29, 1.82) is 0 Å². The molecule has 3 heteroatoms. The largest absolute Gasteiger partial charge is 0.445 e. The molecule has 1 aromatic rings. The van der Waals surface area contributed by atoms with Crippen molar-refractivity contribution in [2.24, 2.45) is 5.41 Å². The Kier molecular flexibility index (Phi) is 8.96. The summed E-state index contributed by atoms with van der Waals surface area (Å²) in [6.07, 6.45) is 6.15. The first-order chi connectivity index (χ1) is 11.5. The zero-order valence-electron chi connectivity index (χ0n) is 15.5. The molecular weight excluding hydrogens is 298 g/mol. The maximum absolute atomic E-state index is 11.8. The van der Waals surface area contributed by atoms with Gasteiger partial charge in [0.2, 0.25) is 0 Å². The quantitative estimate of drug-likeness (QED) is 0.597. The predicted molar refractivity (Wildman–Crippen MR) is 99.8 cm³/mol. The van der Waals surface area contributed by atoms with Crippen LogP contribution >= 0.6 is 0 Å². The number of rotatable bonds is 9. The van der Waals surface area contributed by atoms with E-state index in [0.29, 0.717) is 13.2 Å². The van der Waals surface area contributed by atoms with Crippen molar-refractivity contribution < 1.29 is 9.53 Å². The zero-order valence-corrected chi connectivity index (χ0v) is 15.5. The minimum absolute atomic E-state index is 0.154. The van der Waals surface area contributed by atoms with Crippen LogP contribution in [0.15, 0.2) is 47.7 Å². The van der Waals surface area contributed by atoms with Gasteiger partial charge in [-0.1, -0.05) is 70.9 Å². The molecule has 0 radical (unpaired) electrons. The van der Waals surface area contributed by atoms with E-state index in [2.05, 4.69) is 44.8 Å². The molecule has 24 heavy (non-hydrogen) atoms. The molecule has 3 nitrogen and oxygen atoms in total. The Morgan fingerprint density at radius 2 is 1.79 bits per heavy atom. The van der Waals surface area contributed by atoms with Gasteiger partial charge in [-0.3, -0.25) is 0 Å². The molecule has 0 aromatic heterocycles. The molecule has 0 spiro atoms. The number of carbonyl (C=O) groups excluding carboxylic acids is 1. The van der Waals surface area contributed by atoms with Gasteiger partial charge >= 0.3 is 6.09 Å². The highest BCUT2D eigenvalue weighted by Gasteiger charge is 2.16. The molecule has 0 atom stereocenters. The third-order valence-electron chi connectivity index (χ3n) is 3.67. The van der Waals surface area contributed by atoms with Crippen LogP contribution in [0.3, 0.4) is 0 Å². The average molecular weight is 329 g/mol. The van der Waals surface area contributed by atoms with Crippen LogP contribution in [-0.2, 0) is 11.3 Å². The monoisotopic (exact) mass is 329 g/mol. The Morgan fingerprint density at radius 1 is 1.17 bits per heavy atom. The summed E-state index contributed by atoms with van der Waals surface area (Å²) in [6.45, 7) is 9.37. The Bertz CT molecular complexity index is 546. The number of amides is 1. The summed E-state index contributed by atoms with van der Waals surface area (Å²) < 4.78 is 5.24. The molecule has 1 N–H and O–H groups in total. The van der Waals surface area contributed by atoms with E-state index < -0.39 is 0 Å². The lowest BCUT2D eigenvalue weighted by Gasteiger charge is -2.19. The fourth-order valence-corrected chi connectivity index (χ4v) is 2.30. The fraction of sp³-hybridized carbons (Fsp3) is 0.524. The number of nitrogens with one attached hydrogen (secondary N) is 1. The van der Waals surface area contributed by atoms with Crippen molar-refractivity contribution in [3.63, 3.8) is 0 Å². The Balaban J connectivity index is 2.48. The molecule has 0 aliphatic carbocycles. The van der Waals surface area contributed by atoms with E-state index in [1.807, 2.05) is 30.3 Å². The van der Waals surface area contributed by atoms with Crippen LogP contribution < -0.4 is 5.32 Å². The van der Waals surface area contributed by atoms with Gasteiger partial charge in [0.25, 0.3) is 0 Å². The van der Waals surface area contributed by atoms with E-state index in [-0.39, 0.29) is 11.5 Å². The van der Waals surface area contributed by atoms with Crippen LogP contribution in [0.25, 0.3) is 0 Å². The van der Waals surface area contributed by atoms with Gasteiger partial charge in [0.1, 0.15) is 6.61 Å². The number of ether oxygens (including phenoxy) is 1. The number of hydrogen-bond donors (Lipinski definition) is 1. The SMILES string of the molecule is CCCC(=C=CC(C)(C)CNC(=O)OCc1ccccc1)CCC. The van der Waals surface area contributed by atoms with Crippen LogP contribution in [0, 0.1) is 5.41 Å². The molecule has 0 saturated carbocycles. The molecular formula is C21H31NO2. The summed E-state index contributed by atoms with van der Waals surface area (Å²) in [7, 11) is 0. The molecule has 0 saturated heterocycles. The van der Waals surface area contributed by atoms with Crippen molar-refractivity contribution in [1.82, 2.24) is 5.32 Å². The van der Waals surface area contributed by atoms with Crippen LogP contribution in [0.4, 0.5) is 4.79 Å². The van der Waals surface area contributed by atoms with Crippen LogP contribution in [0.1, 0.15) is 58.9 Å².